The van der Waals surface area contributed by atoms with Crippen LogP contribution in [0.4, 0.5) is 4.79 Å². The van der Waals surface area contributed by atoms with E-state index in [0.29, 0.717) is 19.6 Å². The molecule has 7 heteroatoms. The second-order valence-corrected chi connectivity index (χ2v) is 6.70. The van der Waals surface area contributed by atoms with Gasteiger partial charge in [-0.25, -0.2) is 9.59 Å². The van der Waals surface area contributed by atoms with Crippen molar-refractivity contribution in [3.63, 3.8) is 0 Å². The monoisotopic (exact) mass is 336 g/mol. The highest BCUT2D eigenvalue weighted by Gasteiger charge is 2.28. The first-order valence-corrected chi connectivity index (χ1v) is 7.84. The summed E-state index contributed by atoms with van der Waals surface area (Å²) in [4.78, 5) is 25.6. The van der Waals surface area contributed by atoms with E-state index < -0.39 is 11.6 Å². The summed E-state index contributed by atoms with van der Waals surface area (Å²) in [5.74, 6) is -0.737. The highest BCUT2D eigenvalue weighted by molar-refractivity contribution is 5.92. The van der Waals surface area contributed by atoms with Crippen molar-refractivity contribution >= 4 is 12.1 Å². The van der Waals surface area contributed by atoms with Crippen LogP contribution in [0.1, 0.15) is 42.7 Å². The summed E-state index contributed by atoms with van der Waals surface area (Å²) in [6, 6.07) is 4.60. The zero-order valence-corrected chi connectivity index (χ0v) is 14.5. The van der Waals surface area contributed by atoms with Gasteiger partial charge < -0.3 is 24.8 Å². The van der Waals surface area contributed by atoms with E-state index in [2.05, 4.69) is 10.1 Å². The number of phenols is 1. The number of esters is 1. The molecule has 1 aromatic rings. The third-order valence-electron chi connectivity index (χ3n) is 3.66. The average molecular weight is 336 g/mol. The Morgan fingerprint density at radius 2 is 2.04 bits per heavy atom. The first-order chi connectivity index (χ1) is 11.2. The van der Waals surface area contributed by atoms with Crippen LogP contribution >= 0.6 is 0 Å². The molecule has 2 rings (SSSR count). The molecular formula is C17H24N2O5. The van der Waals surface area contributed by atoms with Crippen LogP contribution < -0.4 is 5.32 Å². The maximum Gasteiger partial charge on any atom is 0.410 e. The summed E-state index contributed by atoms with van der Waals surface area (Å²) in [5, 5.41) is 13.1. The smallest absolute Gasteiger partial charge is 0.410 e. The molecule has 0 radical (unpaired) electrons. The predicted octanol–water partition coefficient (Wildman–Crippen LogP) is 2.06. The molecule has 1 amide bonds. The Balaban J connectivity index is 2.15. The van der Waals surface area contributed by atoms with Gasteiger partial charge in [0.1, 0.15) is 16.9 Å². The topological polar surface area (TPSA) is 88.1 Å². The van der Waals surface area contributed by atoms with Gasteiger partial charge >= 0.3 is 12.1 Å². The van der Waals surface area contributed by atoms with Crippen LogP contribution in [-0.4, -0.2) is 54.4 Å². The predicted molar refractivity (Wildman–Crippen MR) is 88.0 cm³/mol. The van der Waals surface area contributed by atoms with Gasteiger partial charge in [-0.05, 0) is 38.5 Å². The molecule has 2 N–H and O–H groups in total. The third kappa shape index (κ3) is 4.38. The number of hydrogen-bond acceptors (Lipinski definition) is 6. The van der Waals surface area contributed by atoms with Crippen molar-refractivity contribution in [1.29, 1.82) is 0 Å². The number of carbonyl (C=O) groups is 2. The average Bonchev–Trinajstić information content (AvgIpc) is 2.53. The minimum atomic E-state index is -0.603. The molecule has 1 atom stereocenters. The molecule has 1 aromatic carbocycles. The number of carbonyl (C=O) groups excluding carboxylic acids is 2. The largest absolute Gasteiger partial charge is 0.507 e. The van der Waals surface area contributed by atoms with Gasteiger partial charge in [0.15, 0.2) is 0 Å². The number of nitrogens with one attached hydrogen (secondary N) is 1. The number of methoxy groups -OCH3 is 1. The van der Waals surface area contributed by atoms with Crippen LogP contribution in [0.25, 0.3) is 0 Å². The lowest BCUT2D eigenvalue weighted by Gasteiger charge is -2.35. The molecule has 1 fully saturated rings. The first kappa shape index (κ1) is 18.1. The maximum absolute atomic E-state index is 12.2. The zero-order valence-electron chi connectivity index (χ0n) is 14.5. The Morgan fingerprint density at radius 1 is 1.33 bits per heavy atom. The van der Waals surface area contributed by atoms with E-state index >= 15 is 0 Å². The minimum Gasteiger partial charge on any atom is -0.507 e. The molecule has 24 heavy (non-hydrogen) atoms. The number of piperazine rings is 1. The normalized spacial score (nSPS) is 18.2. The van der Waals surface area contributed by atoms with Crippen molar-refractivity contribution < 1.29 is 24.2 Å². The lowest BCUT2D eigenvalue weighted by molar-refractivity contribution is 0.0194. The molecule has 0 saturated carbocycles. The Labute approximate surface area is 141 Å². The van der Waals surface area contributed by atoms with Gasteiger partial charge in [-0.2, -0.15) is 0 Å². The molecule has 132 valence electrons. The van der Waals surface area contributed by atoms with Crippen molar-refractivity contribution in [1.82, 2.24) is 10.2 Å². The van der Waals surface area contributed by atoms with Crippen molar-refractivity contribution in [3.05, 3.63) is 29.3 Å². The number of phenolic OH excluding ortho intramolecular Hbond substituents is 1. The lowest BCUT2D eigenvalue weighted by atomic mass is 10.0. The second-order valence-electron chi connectivity index (χ2n) is 6.70. The van der Waals surface area contributed by atoms with Gasteiger partial charge in [-0.15, -0.1) is 0 Å². The van der Waals surface area contributed by atoms with Crippen LogP contribution in [-0.2, 0) is 9.47 Å². The van der Waals surface area contributed by atoms with E-state index in [-0.39, 0.29) is 23.4 Å². The van der Waals surface area contributed by atoms with Gasteiger partial charge in [-0.1, -0.05) is 6.07 Å². The number of aromatic hydroxyl groups is 1. The first-order valence-electron chi connectivity index (χ1n) is 7.84. The van der Waals surface area contributed by atoms with Gasteiger partial charge in [0, 0.05) is 19.6 Å². The van der Waals surface area contributed by atoms with E-state index in [4.69, 9.17) is 4.74 Å². The van der Waals surface area contributed by atoms with Crippen LogP contribution in [0.5, 0.6) is 5.75 Å². The number of rotatable bonds is 2. The van der Waals surface area contributed by atoms with Crippen LogP contribution in [0.3, 0.4) is 0 Å². The van der Waals surface area contributed by atoms with Crippen LogP contribution in [0.15, 0.2) is 18.2 Å². The quantitative estimate of drug-likeness (QED) is 0.804. The van der Waals surface area contributed by atoms with Gasteiger partial charge in [0.25, 0.3) is 0 Å². The third-order valence-corrected chi connectivity index (χ3v) is 3.66. The van der Waals surface area contributed by atoms with Gasteiger partial charge in [0.2, 0.25) is 0 Å². The Bertz CT molecular complexity index is 624. The number of benzene rings is 1. The standard InChI is InChI=1S/C17H24N2O5/c1-17(2,3)24-16(22)19-8-7-18-13(10-19)11-5-6-14(20)12(9-11)15(21)23-4/h5-6,9,13,18,20H,7-8,10H2,1-4H3. The summed E-state index contributed by atoms with van der Waals surface area (Å²) >= 11 is 0. The molecule has 0 bridgehead atoms. The van der Waals surface area contributed by atoms with E-state index in [0.717, 1.165) is 5.56 Å². The molecule has 1 unspecified atom stereocenters. The van der Waals surface area contributed by atoms with Crippen molar-refractivity contribution in [2.75, 3.05) is 26.7 Å². The highest BCUT2D eigenvalue weighted by atomic mass is 16.6. The molecule has 1 aliphatic heterocycles. The van der Waals surface area contributed by atoms with Gasteiger partial charge in [-0.3, -0.25) is 0 Å². The number of hydrogen-bond donors (Lipinski definition) is 2. The zero-order chi connectivity index (χ0) is 17.9. The van der Waals surface area contributed by atoms with Gasteiger partial charge in [0.05, 0.1) is 13.2 Å². The SMILES string of the molecule is COC(=O)c1cc(C2CN(C(=O)OC(C)(C)C)CCN2)ccc1O. The fourth-order valence-corrected chi connectivity index (χ4v) is 2.51. The van der Waals surface area contributed by atoms with Crippen molar-refractivity contribution in [3.8, 4) is 5.75 Å². The molecule has 0 aromatic heterocycles. The number of nitrogens with zero attached hydrogens (tertiary/aromatic N) is 1. The Kier molecular flexibility index (Phi) is 5.33. The summed E-state index contributed by atoms with van der Waals surface area (Å²) in [6.07, 6.45) is -0.360. The Morgan fingerprint density at radius 3 is 2.67 bits per heavy atom. The minimum absolute atomic E-state index is 0.103. The number of ether oxygens (including phenoxy) is 2. The Hall–Kier alpha value is -2.28. The molecule has 7 nitrogen and oxygen atoms in total. The molecule has 1 aliphatic rings. The van der Waals surface area contributed by atoms with E-state index in [1.165, 1.54) is 13.2 Å². The molecule has 1 saturated heterocycles. The van der Waals surface area contributed by atoms with Crippen molar-refractivity contribution in [2.45, 2.75) is 32.4 Å². The molecule has 0 spiro atoms. The summed E-state index contributed by atoms with van der Waals surface area (Å²) < 4.78 is 10.1. The van der Waals surface area contributed by atoms with Crippen molar-refractivity contribution in [2.24, 2.45) is 0 Å². The van der Waals surface area contributed by atoms with E-state index in [1.807, 2.05) is 20.8 Å². The maximum atomic E-state index is 12.2. The van der Waals surface area contributed by atoms with E-state index in [9.17, 15) is 14.7 Å². The molecule has 1 heterocycles. The lowest BCUT2D eigenvalue weighted by Crippen LogP contribution is -2.49. The van der Waals surface area contributed by atoms with E-state index in [1.54, 1.807) is 17.0 Å². The van der Waals surface area contributed by atoms with Crippen LogP contribution in [0, 0.1) is 0 Å². The summed E-state index contributed by atoms with van der Waals surface area (Å²) in [5.41, 5.74) is 0.348. The summed E-state index contributed by atoms with van der Waals surface area (Å²) in [7, 11) is 1.26. The summed E-state index contributed by atoms with van der Waals surface area (Å²) in [6.45, 7) is 7.06. The highest BCUT2D eigenvalue weighted by Crippen LogP contribution is 2.25. The molecular weight excluding hydrogens is 312 g/mol. The second kappa shape index (κ2) is 7.09. The van der Waals surface area contributed by atoms with Crippen LogP contribution in [0.2, 0.25) is 0 Å². The fraction of sp³-hybridized carbons (Fsp3) is 0.529. The number of amides is 1. The molecule has 0 aliphatic carbocycles. The fourth-order valence-electron chi connectivity index (χ4n) is 2.51.